The lowest BCUT2D eigenvalue weighted by Crippen LogP contribution is -2.30. The summed E-state index contributed by atoms with van der Waals surface area (Å²) in [5, 5.41) is 17.6. The first-order chi connectivity index (χ1) is 11.3. The van der Waals surface area contributed by atoms with Crippen LogP contribution in [-0.2, 0) is 24.0 Å². The molecule has 2 amide bonds. The lowest BCUT2D eigenvalue weighted by molar-refractivity contribution is -0.145. The monoisotopic (exact) mass is 339 g/mol. The number of aliphatic carboxylic acids is 2. The van der Waals surface area contributed by atoms with E-state index in [0.29, 0.717) is 25.8 Å². The Morgan fingerprint density at radius 3 is 2.12 bits per heavy atom. The summed E-state index contributed by atoms with van der Waals surface area (Å²) >= 11 is 0. The van der Waals surface area contributed by atoms with Crippen molar-refractivity contribution in [2.75, 3.05) is 6.54 Å². The third-order valence-corrected chi connectivity index (χ3v) is 3.77. The molecule has 1 atom stereocenters. The predicted octanol–water partition coefficient (Wildman–Crippen LogP) is 0.997. The van der Waals surface area contributed by atoms with Crippen LogP contribution in [0, 0.1) is 5.92 Å². The molecule has 24 heavy (non-hydrogen) atoms. The summed E-state index contributed by atoms with van der Waals surface area (Å²) in [5.41, 5.74) is 0. The number of unbranched alkanes of at least 4 members (excludes halogenated alkanes) is 2. The predicted molar refractivity (Wildman–Crippen MR) is 81.9 cm³/mol. The Balaban J connectivity index is 2.20. The second-order valence-corrected chi connectivity index (χ2v) is 5.68. The summed E-state index contributed by atoms with van der Waals surface area (Å²) in [5.74, 6) is -4.11. The number of carboxylic acids is 2. The fourth-order valence-corrected chi connectivity index (χ4v) is 2.41. The average Bonchev–Trinajstić information content (AvgIpc) is 2.82. The van der Waals surface area contributed by atoms with Crippen LogP contribution >= 0.6 is 0 Å². The van der Waals surface area contributed by atoms with E-state index in [0.717, 1.165) is 4.90 Å². The van der Waals surface area contributed by atoms with Gasteiger partial charge in [0.1, 0.15) is 5.78 Å². The Kier molecular flexibility index (Phi) is 7.81. The second-order valence-electron chi connectivity index (χ2n) is 5.68. The Bertz CT molecular complexity index is 535. The van der Waals surface area contributed by atoms with Crippen molar-refractivity contribution in [3.8, 4) is 0 Å². The Labute approximate surface area is 139 Å². The zero-order valence-electron chi connectivity index (χ0n) is 13.3. The summed E-state index contributed by atoms with van der Waals surface area (Å²) in [6, 6.07) is 0. The molecule has 0 saturated heterocycles. The lowest BCUT2D eigenvalue weighted by Gasteiger charge is -2.13. The van der Waals surface area contributed by atoms with Gasteiger partial charge in [0, 0.05) is 38.0 Å². The normalized spacial score (nSPS) is 14.9. The maximum absolute atomic E-state index is 11.8. The number of hydrogen-bond donors (Lipinski definition) is 2. The Hall–Kier alpha value is -2.51. The topological polar surface area (TPSA) is 129 Å². The summed E-state index contributed by atoms with van der Waals surface area (Å²) < 4.78 is 0. The number of rotatable bonds is 12. The van der Waals surface area contributed by atoms with Crippen molar-refractivity contribution in [1.82, 2.24) is 4.90 Å². The van der Waals surface area contributed by atoms with Gasteiger partial charge in [-0.25, -0.2) is 0 Å². The molecule has 0 radical (unpaired) electrons. The maximum Gasteiger partial charge on any atom is 0.306 e. The largest absolute Gasteiger partial charge is 0.481 e. The molecular formula is C16H21NO7. The van der Waals surface area contributed by atoms with Gasteiger partial charge in [-0.2, -0.15) is 0 Å². The smallest absolute Gasteiger partial charge is 0.306 e. The molecule has 0 spiro atoms. The standard InChI is InChI=1S/C16H21NO7/c18-12(10-11(16(23)24)5-8-15(21)22)4-2-1-3-9-17-13(19)6-7-14(17)20/h6-7,11H,1-5,8-10H2,(H,21,22)(H,23,24). The molecule has 1 unspecified atom stereocenters. The molecule has 0 saturated carbocycles. The number of Topliss-reactive ketones (excluding diaryl/α,β-unsaturated/α-hetero) is 1. The molecule has 0 aromatic heterocycles. The molecule has 0 aliphatic carbocycles. The van der Waals surface area contributed by atoms with Gasteiger partial charge in [0.2, 0.25) is 0 Å². The van der Waals surface area contributed by atoms with Gasteiger partial charge in [0.05, 0.1) is 5.92 Å². The quantitative estimate of drug-likeness (QED) is 0.401. The van der Waals surface area contributed by atoms with E-state index in [4.69, 9.17) is 10.2 Å². The van der Waals surface area contributed by atoms with Gasteiger partial charge in [-0.05, 0) is 19.3 Å². The molecule has 132 valence electrons. The van der Waals surface area contributed by atoms with Gasteiger partial charge in [-0.15, -0.1) is 0 Å². The van der Waals surface area contributed by atoms with E-state index in [1.54, 1.807) is 0 Å². The molecule has 0 aromatic carbocycles. The van der Waals surface area contributed by atoms with Crippen LogP contribution in [0.15, 0.2) is 12.2 Å². The molecule has 8 nitrogen and oxygen atoms in total. The van der Waals surface area contributed by atoms with Crippen molar-refractivity contribution in [2.45, 2.75) is 44.9 Å². The van der Waals surface area contributed by atoms with Crippen LogP contribution in [0.25, 0.3) is 0 Å². The summed E-state index contributed by atoms with van der Waals surface area (Å²) in [6.45, 7) is 0.301. The number of amides is 2. The summed E-state index contributed by atoms with van der Waals surface area (Å²) in [6.07, 6.45) is 3.87. The van der Waals surface area contributed by atoms with Crippen LogP contribution in [0.4, 0.5) is 0 Å². The molecule has 8 heteroatoms. The van der Waals surface area contributed by atoms with Gasteiger partial charge < -0.3 is 10.2 Å². The van der Waals surface area contributed by atoms with E-state index in [9.17, 15) is 24.0 Å². The van der Waals surface area contributed by atoms with E-state index in [-0.39, 0.29) is 43.3 Å². The van der Waals surface area contributed by atoms with E-state index < -0.39 is 17.9 Å². The Morgan fingerprint density at radius 2 is 1.58 bits per heavy atom. The second kappa shape index (κ2) is 9.59. The SMILES string of the molecule is O=C(O)CCC(CC(=O)CCCCCN1C(=O)C=CC1=O)C(=O)O. The molecule has 0 bridgehead atoms. The van der Waals surface area contributed by atoms with E-state index in [2.05, 4.69) is 0 Å². The molecule has 1 aliphatic heterocycles. The number of ketones is 1. The number of nitrogens with zero attached hydrogens (tertiary/aromatic N) is 1. The van der Waals surface area contributed by atoms with Gasteiger partial charge in [0.15, 0.2) is 0 Å². The molecular weight excluding hydrogens is 318 g/mol. The van der Waals surface area contributed by atoms with Gasteiger partial charge in [-0.3, -0.25) is 28.9 Å². The highest BCUT2D eigenvalue weighted by Gasteiger charge is 2.23. The van der Waals surface area contributed by atoms with E-state index in [1.165, 1.54) is 12.2 Å². The van der Waals surface area contributed by atoms with Crippen molar-refractivity contribution in [2.24, 2.45) is 5.92 Å². The first-order valence-electron chi connectivity index (χ1n) is 7.81. The number of hydrogen-bond acceptors (Lipinski definition) is 5. The molecule has 0 fully saturated rings. The molecule has 2 N–H and O–H groups in total. The van der Waals surface area contributed by atoms with Crippen LogP contribution in [0.2, 0.25) is 0 Å². The molecule has 1 aliphatic rings. The zero-order valence-corrected chi connectivity index (χ0v) is 13.3. The highest BCUT2D eigenvalue weighted by Crippen LogP contribution is 2.15. The lowest BCUT2D eigenvalue weighted by atomic mass is 9.95. The van der Waals surface area contributed by atoms with Crippen LogP contribution in [0.1, 0.15) is 44.9 Å². The van der Waals surface area contributed by atoms with Crippen molar-refractivity contribution in [1.29, 1.82) is 0 Å². The molecule has 0 aromatic rings. The number of carboxylic acid groups (broad SMARTS) is 2. The number of imide groups is 1. The van der Waals surface area contributed by atoms with Crippen LogP contribution in [0.5, 0.6) is 0 Å². The van der Waals surface area contributed by atoms with Crippen LogP contribution in [-0.4, -0.2) is 51.2 Å². The Morgan fingerprint density at radius 1 is 0.958 bits per heavy atom. The fraction of sp³-hybridized carbons (Fsp3) is 0.562. The van der Waals surface area contributed by atoms with Crippen molar-refractivity contribution in [3.63, 3.8) is 0 Å². The molecule has 1 heterocycles. The number of carbonyl (C=O) groups excluding carboxylic acids is 3. The van der Waals surface area contributed by atoms with Gasteiger partial charge in [-0.1, -0.05) is 6.42 Å². The van der Waals surface area contributed by atoms with E-state index >= 15 is 0 Å². The van der Waals surface area contributed by atoms with Gasteiger partial charge >= 0.3 is 11.9 Å². The van der Waals surface area contributed by atoms with Crippen molar-refractivity contribution in [3.05, 3.63) is 12.2 Å². The summed E-state index contributed by atoms with van der Waals surface area (Å²) in [7, 11) is 0. The number of carbonyl (C=O) groups is 5. The van der Waals surface area contributed by atoms with Crippen LogP contribution < -0.4 is 0 Å². The minimum Gasteiger partial charge on any atom is -0.481 e. The first kappa shape index (κ1) is 19.5. The highest BCUT2D eigenvalue weighted by molar-refractivity contribution is 6.12. The minimum absolute atomic E-state index is 0.0669. The minimum atomic E-state index is -1.16. The van der Waals surface area contributed by atoms with Crippen molar-refractivity contribution < 1.29 is 34.2 Å². The third kappa shape index (κ3) is 6.72. The zero-order chi connectivity index (χ0) is 18.1. The maximum atomic E-state index is 11.8. The summed E-state index contributed by atoms with van der Waals surface area (Å²) in [4.78, 5) is 57.0. The van der Waals surface area contributed by atoms with Crippen molar-refractivity contribution >= 4 is 29.5 Å². The third-order valence-electron chi connectivity index (χ3n) is 3.77. The van der Waals surface area contributed by atoms with E-state index in [1.807, 2.05) is 0 Å². The average molecular weight is 339 g/mol. The fourth-order valence-electron chi connectivity index (χ4n) is 2.41. The van der Waals surface area contributed by atoms with Crippen LogP contribution in [0.3, 0.4) is 0 Å². The first-order valence-corrected chi connectivity index (χ1v) is 7.81. The molecule has 1 rings (SSSR count). The van der Waals surface area contributed by atoms with Gasteiger partial charge in [0.25, 0.3) is 11.8 Å². The highest BCUT2D eigenvalue weighted by atomic mass is 16.4.